The van der Waals surface area contributed by atoms with Crippen LogP contribution in [0.15, 0.2) is 30.3 Å². The lowest BCUT2D eigenvalue weighted by molar-refractivity contribution is -0.149. The molecule has 222 valence electrons. The molecule has 0 aromatic heterocycles. The van der Waals surface area contributed by atoms with E-state index in [0.29, 0.717) is 23.3 Å². The lowest BCUT2D eigenvalue weighted by atomic mass is 9.89. The monoisotopic (exact) mass is 573 g/mol. The van der Waals surface area contributed by atoms with Gasteiger partial charge in [0.25, 0.3) is 0 Å². The fraction of sp³-hybridized carbons (Fsp3) is 0.414. The Morgan fingerprint density at radius 3 is 2.32 bits per heavy atom. The van der Waals surface area contributed by atoms with Gasteiger partial charge in [-0.05, 0) is 42.8 Å². The Balaban J connectivity index is 2.77. The normalized spacial score (nSPS) is 12.1. The zero-order chi connectivity index (χ0) is 30.4. The number of amides is 1. The zero-order valence-electron chi connectivity index (χ0n) is 23.7. The van der Waals surface area contributed by atoms with Gasteiger partial charge in [-0.3, -0.25) is 14.4 Å². The zero-order valence-corrected chi connectivity index (χ0v) is 23.7. The van der Waals surface area contributed by atoms with Crippen LogP contribution in [0.2, 0.25) is 0 Å². The largest absolute Gasteiger partial charge is 0.469 e. The van der Waals surface area contributed by atoms with Crippen molar-refractivity contribution in [1.82, 2.24) is 0 Å². The summed E-state index contributed by atoms with van der Waals surface area (Å²) in [7, 11) is 5.43. The fourth-order valence-corrected chi connectivity index (χ4v) is 3.63. The van der Waals surface area contributed by atoms with Crippen LogP contribution in [0.5, 0.6) is 11.5 Å². The highest BCUT2D eigenvalue weighted by Crippen LogP contribution is 2.42. The van der Waals surface area contributed by atoms with Crippen LogP contribution in [0.25, 0.3) is 11.1 Å². The number of esters is 2. The smallest absolute Gasteiger partial charge is 0.313 e. The summed E-state index contributed by atoms with van der Waals surface area (Å²) in [6.45, 7) is 1.87. The molecule has 0 radical (unpaired) electrons. The van der Waals surface area contributed by atoms with Gasteiger partial charge in [-0.25, -0.2) is 0 Å². The second-order valence-corrected chi connectivity index (χ2v) is 8.42. The Bertz CT molecular complexity index is 1240. The second-order valence-electron chi connectivity index (χ2n) is 8.42. The molecule has 2 N–H and O–H groups in total. The first-order chi connectivity index (χ1) is 19.7. The molecule has 41 heavy (non-hydrogen) atoms. The average molecular weight is 574 g/mol. The lowest BCUT2D eigenvalue weighted by Gasteiger charge is -2.21. The van der Waals surface area contributed by atoms with Crippen LogP contribution in [0.1, 0.15) is 40.7 Å². The van der Waals surface area contributed by atoms with E-state index in [-0.39, 0.29) is 49.2 Å². The second kappa shape index (κ2) is 16.8. The number of hydrogen-bond donors (Lipinski definition) is 1. The van der Waals surface area contributed by atoms with Gasteiger partial charge in [0.15, 0.2) is 19.9 Å². The van der Waals surface area contributed by atoms with E-state index >= 15 is 0 Å². The first kappa shape index (κ1) is 33.1. The molecule has 2 aromatic rings. The van der Waals surface area contributed by atoms with E-state index in [9.17, 15) is 14.4 Å². The van der Waals surface area contributed by atoms with Gasteiger partial charge in [0, 0.05) is 30.9 Å². The Hall–Kier alpha value is -4.15. The Labute approximate surface area is 238 Å². The molecule has 2 rings (SSSR count). The third-order valence-electron chi connectivity index (χ3n) is 5.88. The molecule has 0 aliphatic carbocycles. The van der Waals surface area contributed by atoms with Gasteiger partial charge in [-0.2, -0.15) is 0 Å². The number of ether oxygens (including phenoxy) is 8. The maximum Gasteiger partial charge on any atom is 0.313 e. The van der Waals surface area contributed by atoms with E-state index in [4.69, 9.17) is 50.1 Å². The molecule has 0 saturated carbocycles. The number of benzene rings is 2. The minimum Gasteiger partial charge on any atom is -0.469 e. The van der Waals surface area contributed by atoms with Crippen LogP contribution in [0, 0.1) is 12.3 Å². The summed E-state index contributed by atoms with van der Waals surface area (Å²) in [5.74, 6) is -0.0831. The van der Waals surface area contributed by atoms with Crippen molar-refractivity contribution in [3.8, 4) is 35.0 Å². The minimum absolute atomic E-state index is 0.160. The summed E-state index contributed by atoms with van der Waals surface area (Å²) >= 11 is 0. The molecule has 0 spiro atoms. The van der Waals surface area contributed by atoms with Crippen molar-refractivity contribution in [3.63, 3.8) is 0 Å². The molecule has 0 saturated heterocycles. The Morgan fingerprint density at radius 1 is 0.951 bits per heavy atom. The predicted molar refractivity (Wildman–Crippen MR) is 146 cm³/mol. The number of nitrogens with two attached hydrogens (primary N) is 1. The highest BCUT2D eigenvalue weighted by Gasteiger charge is 2.28. The first-order valence-electron chi connectivity index (χ1n) is 12.4. The third kappa shape index (κ3) is 9.47. The molecule has 0 aliphatic rings. The van der Waals surface area contributed by atoms with Gasteiger partial charge >= 0.3 is 11.9 Å². The van der Waals surface area contributed by atoms with Crippen LogP contribution in [-0.4, -0.2) is 79.4 Å². The van der Waals surface area contributed by atoms with Crippen molar-refractivity contribution in [2.45, 2.75) is 25.6 Å². The van der Waals surface area contributed by atoms with E-state index < -0.39 is 30.1 Å². The van der Waals surface area contributed by atoms with Crippen molar-refractivity contribution in [1.29, 1.82) is 0 Å². The van der Waals surface area contributed by atoms with Gasteiger partial charge in [-0.15, -0.1) is 6.42 Å². The molecule has 2 atom stereocenters. The maximum absolute atomic E-state index is 12.8. The van der Waals surface area contributed by atoms with Crippen LogP contribution >= 0.6 is 0 Å². The van der Waals surface area contributed by atoms with Gasteiger partial charge < -0.3 is 43.6 Å². The van der Waals surface area contributed by atoms with Crippen LogP contribution in [0.3, 0.4) is 0 Å². The fourth-order valence-electron chi connectivity index (χ4n) is 3.63. The van der Waals surface area contributed by atoms with Gasteiger partial charge in [-0.1, -0.05) is 5.92 Å². The third-order valence-corrected chi connectivity index (χ3v) is 5.88. The number of terminal acetylenes is 1. The van der Waals surface area contributed by atoms with E-state index in [2.05, 4.69) is 5.92 Å². The molecular formula is C29H35NO11. The number of primary amides is 1. The molecular weight excluding hydrogens is 538 g/mol. The highest BCUT2D eigenvalue weighted by molar-refractivity contribution is 5.95. The number of rotatable bonds is 17. The molecule has 0 bridgehead atoms. The summed E-state index contributed by atoms with van der Waals surface area (Å²) in [4.78, 5) is 37.0. The van der Waals surface area contributed by atoms with Gasteiger partial charge in [0.2, 0.25) is 5.91 Å². The molecule has 2 unspecified atom stereocenters. The standard InChI is InChI=1S/C29H35NO11/c1-7-19-12-21(22(29(33)37-6)15-26(31)36-5)14-24(27(19)41-16-38-11-10-34-3)23-13-20(28(30)32)8-9-25(23)40-17-39-18(2)35-4/h1,8-9,12-14,18,22H,10-11,15-17H2,2-6H3,(H2,30,32). The molecule has 0 fully saturated rings. The quantitative estimate of drug-likeness (QED) is 0.129. The van der Waals surface area contributed by atoms with Crippen LogP contribution in [0.4, 0.5) is 0 Å². The van der Waals surface area contributed by atoms with E-state index in [1.54, 1.807) is 13.0 Å². The topological polar surface area (TPSA) is 151 Å². The van der Waals surface area contributed by atoms with Crippen LogP contribution < -0.4 is 15.2 Å². The Morgan fingerprint density at radius 2 is 1.71 bits per heavy atom. The van der Waals surface area contributed by atoms with E-state index in [0.717, 1.165) is 0 Å². The summed E-state index contributed by atoms with van der Waals surface area (Å²) < 4.78 is 42.5. The van der Waals surface area contributed by atoms with Gasteiger partial charge in [0.1, 0.15) is 11.5 Å². The molecule has 12 heteroatoms. The molecule has 0 aliphatic heterocycles. The van der Waals surface area contributed by atoms with Crippen molar-refractivity contribution in [2.24, 2.45) is 5.73 Å². The van der Waals surface area contributed by atoms with Crippen molar-refractivity contribution >= 4 is 17.8 Å². The predicted octanol–water partition coefficient (Wildman–Crippen LogP) is 2.60. The lowest BCUT2D eigenvalue weighted by Crippen LogP contribution is -2.19. The molecule has 12 nitrogen and oxygen atoms in total. The maximum atomic E-state index is 12.8. The average Bonchev–Trinajstić information content (AvgIpc) is 2.98. The van der Waals surface area contributed by atoms with E-state index in [1.165, 1.54) is 52.7 Å². The molecule has 2 aromatic carbocycles. The summed E-state index contributed by atoms with van der Waals surface area (Å²) in [6.07, 6.45) is 4.99. The minimum atomic E-state index is -1.07. The number of carbonyl (C=O) groups is 3. The highest BCUT2D eigenvalue weighted by atomic mass is 16.7. The van der Waals surface area contributed by atoms with Crippen LogP contribution in [-0.2, 0) is 38.0 Å². The number of hydrogen-bond acceptors (Lipinski definition) is 11. The SMILES string of the molecule is C#Cc1cc(C(CC(=O)OC)C(=O)OC)cc(-c2cc(C(N)=O)ccc2OCOC(C)OC)c1OCOCCOC. The van der Waals surface area contributed by atoms with Crippen molar-refractivity contribution < 1.29 is 52.3 Å². The summed E-state index contributed by atoms with van der Waals surface area (Å²) in [6, 6.07) is 7.62. The van der Waals surface area contributed by atoms with Crippen molar-refractivity contribution in [3.05, 3.63) is 47.0 Å². The Kier molecular flexibility index (Phi) is 13.6. The number of methoxy groups -OCH3 is 4. The first-order valence-corrected chi connectivity index (χ1v) is 12.4. The molecule has 1 amide bonds. The van der Waals surface area contributed by atoms with Gasteiger partial charge in [0.05, 0.1) is 45.3 Å². The van der Waals surface area contributed by atoms with E-state index in [1.807, 2.05) is 0 Å². The van der Waals surface area contributed by atoms with Crippen molar-refractivity contribution in [2.75, 3.05) is 55.2 Å². The summed E-state index contributed by atoms with van der Waals surface area (Å²) in [5, 5.41) is 0. The summed E-state index contributed by atoms with van der Waals surface area (Å²) in [5.41, 5.74) is 6.94. The number of carbonyl (C=O) groups excluding carboxylic acids is 3. The molecule has 0 heterocycles.